The lowest BCUT2D eigenvalue weighted by Crippen LogP contribution is -2.29. The number of aromatic nitrogens is 2. The Bertz CT molecular complexity index is 865. The number of carbonyl (C=O) groups excluding carboxylic acids is 1. The highest BCUT2D eigenvalue weighted by molar-refractivity contribution is 6.04. The van der Waals surface area contributed by atoms with Crippen LogP contribution in [0.1, 0.15) is 53.9 Å². The Morgan fingerprint density at radius 3 is 2.71 bits per heavy atom. The fourth-order valence-corrected chi connectivity index (χ4v) is 4.26. The number of hydrogen-bond donors (Lipinski definition) is 2. The van der Waals surface area contributed by atoms with Crippen LogP contribution >= 0.6 is 24.8 Å². The van der Waals surface area contributed by atoms with Crippen molar-refractivity contribution in [1.29, 1.82) is 0 Å². The Balaban J connectivity index is 0.00000136. The fourth-order valence-electron chi connectivity index (χ4n) is 4.26. The number of halogens is 2. The van der Waals surface area contributed by atoms with E-state index in [1.165, 1.54) is 18.4 Å². The van der Waals surface area contributed by atoms with E-state index in [0.29, 0.717) is 17.5 Å². The number of anilines is 1. The monoisotopic (exact) mass is 466 g/mol. The van der Waals surface area contributed by atoms with Gasteiger partial charge in [0.1, 0.15) is 0 Å². The minimum absolute atomic E-state index is 0. The van der Waals surface area contributed by atoms with E-state index in [4.69, 9.17) is 4.74 Å². The first-order chi connectivity index (χ1) is 14.2. The lowest BCUT2D eigenvalue weighted by molar-refractivity contribution is 0.0662. The second kappa shape index (κ2) is 10.8. The number of nitrogens with zero attached hydrogens (tertiary/aromatic N) is 2. The summed E-state index contributed by atoms with van der Waals surface area (Å²) < 4.78 is 7.37. The molecule has 2 heterocycles. The summed E-state index contributed by atoms with van der Waals surface area (Å²) in [5.74, 6) is 1.96. The smallest absolute Gasteiger partial charge is 0.255 e. The average Bonchev–Trinajstić information content (AvgIpc) is 3.67. The summed E-state index contributed by atoms with van der Waals surface area (Å²) in [6.45, 7) is 3.83. The molecule has 1 aliphatic heterocycles. The van der Waals surface area contributed by atoms with E-state index < -0.39 is 0 Å². The van der Waals surface area contributed by atoms with Gasteiger partial charge in [0, 0.05) is 43.5 Å². The molecule has 2 aromatic rings. The zero-order valence-electron chi connectivity index (χ0n) is 17.7. The van der Waals surface area contributed by atoms with Crippen LogP contribution in [0, 0.1) is 11.8 Å². The normalized spacial score (nSPS) is 22.8. The number of nitrogens with one attached hydrogen (secondary N) is 2. The molecule has 3 fully saturated rings. The predicted octanol–water partition coefficient (Wildman–Crippen LogP) is 4.26. The Hall–Kier alpha value is -1.60. The van der Waals surface area contributed by atoms with Crippen molar-refractivity contribution in [2.45, 2.75) is 50.6 Å². The summed E-state index contributed by atoms with van der Waals surface area (Å²) in [5, 5.41) is 11.1. The van der Waals surface area contributed by atoms with Gasteiger partial charge in [0.25, 0.3) is 5.91 Å². The molecule has 5 rings (SSSR count). The molecule has 1 aromatic carbocycles. The van der Waals surface area contributed by atoms with Gasteiger partial charge in [0.15, 0.2) is 0 Å². The Kier molecular flexibility index (Phi) is 8.39. The first-order valence-corrected chi connectivity index (χ1v) is 11.0. The van der Waals surface area contributed by atoms with Crippen molar-refractivity contribution in [3.8, 4) is 0 Å². The van der Waals surface area contributed by atoms with E-state index in [9.17, 15) is 4.79 Å². The number of rotatable bonds is 8. The Morgan fingerprint density at radius 1 is 1.13 bits per heavy atom. The van der Waals surface area contributed by atoms with Gasteiger partial charge in [0.05, 0.1) is 11.9 Å². The fraction of sp³-hybridized carbons (Fsp3) is 0.565. The van der Waals surface area contributed by atoms with E-state index in [-0.39, 0.29) is 30.7 Å². The van der Waals surface area contributed by atoms with E-state index in [1.807, 2.05) is 29.1 Å². The van der Waals surface area contributed by atoms with Crippen LogP contribution in [-0.2, 0) is 11.3 Å². The predicted molar refractivity (Wildman–Crippen MR) is 127 cm³/mol. The van der Waals surface area contributed by atoms with Gasteiger partial charge in [-0.1, -0.05) is 12.1 Å². The third-order valence-electron chi connectivity index (χ3n) is 6.41. The molecule has 2 saturated carbocycles. The lowest BCUT2D eigenvalue weighted by atomic mass is 10.0. The minimum atomic E-state index is -0.0646. The summed E-state index contributed by atoms with van der Waals surface area (Å²) in [6.07, 6.45) is 9.73. The maximum absolute atomic E-state index is 12.7. The summed E-state index contributed by atoms with van der Waals surface area (Å²) in [4.78, 5) is 12.7. The van der Waals surface area contributed by atoms with E-state index in [2.05, 4.69) is 21.8 Å². The molecule has 0 unspecified atom stereocenters. The molecule has 6 nitrogen and oxygen atoms in total. The van der Waals surface area contributed by atoms with Crippen molar-refractivity contribution >= 4 is 36.4 Å². The molecule has 0 radical (unpaired) electrons. The minimum Gasteiger partial charge on any atom is -0.381 e. The van der Waals surface area contributed by atoms with Crippen molar-refractivity contribution in [2.75, 3.05) is 25.1 Å². The van der Waals surface area contributed by atoms with Gasteiger partial charge in [0.2, 0.25) is 0 Å². The van der Waals surface area contributed by atoms with Gasteiger partial charge in [-0.3, -0.25) is 9.48 Å². The molecule has 0 spiro atoms. The highest BCUT2D eigenvalue weighted by Crippen LogP contribution is 2.41. The van der Waals surface area contributed by atoms with Crippen LogP contribution in [0.5, 0.6) is 0 Å². The summed E-state index contributed by atoms with van der Waals surface area (Å²) >= 11 is 0. The summed E-state index contributed by atoms with van der Waals surface area (Å²) in [7, 11) is 0. The number of amides is 1. The summed E-state index contributed by atoms with van der Waals surface area (Å²) in [6, 6.07) is 8.61. The van der Waals surface area contributed by atoms with E-state index in [1.54, 1.807) is 6.20 Å². The highest BCUT2D eigenvalue weighted by Gasteiger charge is 2.38. The SMILES string of the molecule is Cl.Cl.O=C(Nc1cnn(CC2CC2)c1)c1cccc([C@@H]2C[C@H]2NCC2CCOCC2)c1. The second-order valence-electron chi connectivity index (χ2n) is 8.89. The van der Waals surface area contributed by atoms with Crippen LogP contribution < -0.4 is 10.6 Å². The van der Waals surface area contributed by atoms with Crippen LogP contribution in [0.4, 0.5) is 5.69 Å². The Morgan fingerprint density at radius 2 is 1.94 bits per heavy atom. The van der Waals surface area contributed by atoms with Crippen LogP contribution in [0.2, 0.25) is 0 Å². The van der Waals surface area contributed by atoms with Crippen molar-refractivity contribution in [2.24, 2.45) is 11.8 Å². The molecule has 2 aliphatic carbocycles. The average molecular weight is 467 g/mol. The van der Waals surface area contributed by atoms with Gasteiger partial charge in [-0.2, -0.15) is 5.10 Å². The number of carbonyl (C=O) groups is 1. The molecule has 1 amide bonds. The molecular formula is C23H32Cl2N4O2. The molecule has 170 valence electrons. The van der Waals surface area contributed by atoms with Gasteiger partial charge in [-0.05, 0) is 68.2 Å². The van der Waals surface area contributed by atoms with Crippen LogP contribution in [-0.4, -0.2) is 41.5 Å². The third kappa shape index (κ3) is 6.45. The maximum atomic E-state index is 12.7. The third-order valence-corrected chi connectivity index (χ3v) is 6.41. The van der Waals surface area contributed by atoms with Crippen molar-refractivity contribution < 1.29 is 9.53 Å². The number of benzene rings is 1. The standard InChI is InChI=1S/C23H30N4O2.2ClH/c28-23(26-20-13-25-27(15-20)14-17-4-5-17)19-3-1-2-18(10-19)21-11-22(21)24-12-16-6-8-29-9-7-16;;/h1-3,10,13,15-17,21-22,24H,4-9,11-12,14H2,(H,26,28);2*1H/t21-,22+;;/m0../s1. The van der Waals surface area contributed by atoms with Gasteiger partial charge in [-0.15, -0.1) is 24.8 Å². The molecule has 2 N–H and O–H groups in total. The summed E-state index contributed by atoms with van der Waals surface area (Å²) in [5.41, 5.74) is 2.74. The van der Waals surface area contributed by atoms with Crippen LogP contribution in [0.15, 0.2) is 36.7 Å². The van der Waals surface area contributed by atoms with Crippen molar-refractivity contribution in [1.82, 2.24) is 15.1 Å². The zero-order valence-corrected chi connectivity index (χ0v) is 19.3. The molecule has 3 aliphatic rings. The molecule has 2 atom stereocenters. The number of hydrogen-bond acceptors (Lipinski definition) is 4. The quantitative estimate of drug-likeness (QED) is 0.609. The first-order valence-electron chi connectivity index (χ1n) is 11.0. The van der Waals surface area contributed by atoms with Gasteiger partial charge >= 0.3 is 0 Å². The molecule has 0 bridgehead atoms. The van der Waals surface area contributed by atoms with Crippen molar-refractivity contribution in [3.05, 3.63) is 47.8 Å². The van der Waals surface area contributed by atoms with Crippen LogP contribution in [0.25, 0.3) is 0 Å². The van der Waals surface area contributed by atoms with Gasteiger partial charge < -0.3 is 15.4 Å². The Labute approximate surface area is 196 Å². The van der Waals surface area contributed by atoms with E-state index in [0.717, 1.165) is 63.1 Å². The second-order valence-corrected chi connectivity index (χ2v) is 8.89. The largest absolute Gasteiger partial charge is 0.381 e. The topological polar surface area (TPSA) is 68.2 Å². The van der Waals surface area contributed by atoms with Crippen LogP contribution in [0.3, 0.4) is 0 Å². The molecule has 1 aromatic heterocycles. The maximum Gasteiger partial charge on any atom is 0.255 e. The zero-order chi connectivity index (χ0) is 19.6. The molecule has 8 heteroatoms. The van der Waals surface area contributed by atoms with E-state index >= 15 is 0 Å². The molecular weight excluding hydrogens is 435 g/mol. The molecule has 1 saturated heterocycles. The first kappa shape index (κ1) is 24.1. The lowest BCUT2D eigenvalue weighted by Gasteiger charge is -2.22. The number of ether oxygens (including phenoxy) is 1. The van der Waals surface area contributed by atoms with Crippen molar-refractivity contribution in [3.63, 3.8) is 0 Å². The van der Waals surface area contributed by atoms with Gasteiger partial charge in [-0.25, -0.2) is 0 Å². The highest BCUT2D eigenvalue weighted by atomic mass is 35.5. The molecule has 31 heavy (non-hydrogen) atoms.